The largest absolute Gasteiger partial charge is 0.336 e. The van der Waals surface area contributed by atoms with Gasteiger partial charge in [0.05, 0.1) is 13.1 Å². The highest BCUT2D eigenvalue weighted by molar-refractivity contribution is 5.96. The normalized spacial score (nSPS) is 10.0. The lowest BCUT2D eigenvalue weighted by Crippen LogP contribution is -2.31. The molecule has 0 saturated heterocycles. The predicted molar refractivity (Wildman–Crippen MR) is 70.1 cm³/mol. The molecule has 0 saturated carbocycles. The summed E-state index contributed by atoms with van der Waals surface area (Å²) in [5.74, 6) is 5.12. The van der Waals surface area contributed by atoms with Gasteiger partial charge in [0, 0.05) is 18.2 Å². The summed E-state index contributed by atoms with van der Waals surface area (Å²) in [6, 6.07) is 5.05. The van der Waals surface area contributed by atoms with E-state index in [0.29, 0.717) is 16.7 Å². The maximum absolute atomic E-state index is 12.3. The van der Waals surface area contributed by atoms with E-state index < -0.39 is 18.9 Å². The van der Waals surface area contributed by atoms with Crippen molar-refractivity contribution in [1.82, 2.24) is 4.90 Å². The molecule has 0 heterocycles. The molecule has 2 N–H and O–H groups in total. The minimum Gasteiger partial charge on any atom is -0.336 e. The van der Waals surface area contributed by atoms with Gasteiger partial charge in [-0.15, -0.1) is 0 Å². The van der Waals surface area contributed by atoms with E-state index in [2.05, 4.69) is 11.8 Å². The Morgan fingerprint density at radius 1 is 1.47 bits per heavy atom. The van der Waals surface area contributed by atoms with Crippen molar-refractivity contribution in [2.24, 2.45) is 5.73 Å². The molecule has 19 heavy (non-hydrogen) atoms. The van der Waals surface area contributed by atoms with Gasteiger partial charge in [-0.25, -0.2) is 8.78 Å². The number of alkyl halides is 2. The van der Waals surface area contributed by atoms with Crippen LogP contribution in [-0.4, -0.2) is 37.4 Å². The zero-order valence-corrected chi connectivity index (χ0v) is 10.9. The standard InChI is InChI=1S/C14H16F2N2O/c1-10-11(6-4-8-17)5-3-7-12(10)14(19)18(2)9-13(15)16/h3,5,7,13H,8-9,17H2,1-2H3. The van der Waals surface area contributed by atoms with Crippen LogP contribution >= 0.6 is 0 Å². The molecule has 1 aromatic rings. The molecule has 5 heteroatoms. The first-order valence-electron chi connectivity index (χ1n) is 5.79. The number of nitrogens with zero attached hydrogens (tertiary/aromatic N) is 1. The van der Waals surface area contributed by atoms with E-state index >= 15 is 0 Å². The summed E-state index contributed by atoms with van der Waals surface area (Å²) in [4.78, 5) is 13.1. The van der Waals surface area contributed by atoms with Crippen molar-refractivity contribution in [3.63, 3.8) is 0 Å². The van der Waals surface area contributed by atoms with Gasteiger partial charge in [0.25, 0.3) is 12.3 Å². The second kappa shape index (κ2) is 6.86. The molecule has 0 radical (unpaired) electrons. The van der Waals surface area contributed by atoms with Crippen molar-refractivity contribution in [2.75, 3.05) is 20.1 Å². The number of benzene rings is 1. The van der Waals surface area contributed by atoms with Gasteiger partial charge in [0.1, 0.15) is 0 Å². The van der Waals surface area contributed by atoms with Crippen LogP contribution in [0.15, 0.2) is 18.2 Å². The Bertz CT molecular complexity index is 518. The van der Waals surface area contributed by atoms with Gasteiger partial charge in [-0.3, -0.25) is 4.79 Å². The third-order valence-electron chi connectivity index (χ3n) is 2.65. The Morgan fingerprint density at radius 3 is 2.74 bits per heavy atom. The summed E-state index contributed by atoms with van der Waals surface area (Å²) in [6.45, 7) is 1.38. The number of carbonyl (C=O) groups is 1. The van der Waals surface area contributed by atoms with Gasteiger partial charge in [-0.05, 0) is 24.6 Å². The van der Waals surface area contributed by atoms with E-state index in [1.165, 1.54) is 7.05 Å². The van der Waals surface area contributed by atoms with E-state index in [1.54, 1.807) is 25.1 Å². The molecule has 0 aromatic heterocycles. The number of hydrogen-bond acceptors (Lipinski definition) is 2. The SMILES string of the molecule is Cc1c(C#CCN)cccc1C(=O)N(C)CC(F)F. The van der Waals surface area contributed by atoms with Gasteiger partial charge in [-0.2, -0.15) is 0 Å². The molecule has 0 atom stereocenters. The van der Waals surface area contributed by atoms with Gasteiger partial charge >= 0.3 is 0 Å². The topological polar surface area (TPSA) is 46.3 Å². The Hall–Kier alpha value is -1.93. The van der Waals surface area contributed by atoms with Crippen molar-refractivity contribution in [3.05, 3.63) is 34.9 Å². The third-order valence-corrected chi connectivity index (χ3v) is 2.65. The molecule has 1 aromatic carbocycles. The summed E-state index contributed by atoms with van der Waals surface area (Å²) in [5, 5.41) is 0. The van der Waals surface area contributed by atoms with E-state index in [9.17, 15) is 13.6 Å². The number of hydrogen-bond donors (Lipinski definition) is 1. The zero-order valence-electron chi connectivity index (χ0n) is 10.9. The number of rotatable bonds is 3. The summed E-state index contributed by atoms with van der Waals surface area (Å²) < 4.78 is 24.6. The van der Waals surface area contributed by atoms with Crippen molar-refractivity contribution >= 4 is 5.91 Å². The van der Waals surface area contributed by atoms with E-state index in [4.69, 9.17) is 5.73 Å². The van der Waals surface area contributed by atoms with Crippen LogP contribution in [0.1, 0.15) is 21.5 Å². The highest BCUT2D eigenvalue weighted by atomic mass is 19.3. The lowest BCUT2D eigenvalue weighted by atomic mass is 10.0. The monoisotopic (exact) mass is 266 g/mol. The summed E-state index contributed by atoms with van der Waals surface area (Å²) in [5.41, 5.74) is 7.03. The number of nitrogens with two attached hydrogens (primary N) is 1. The zero-order chi connectivity index (χ0) is 14.4. The van der Waals surface area contributed by atoms with Crippen LogP contribution in [0.25, 0.3) is 0 Å². The first kappa shape index (κ1) is 15.1. The average molecular weight is 266 g/mol. The van der Waals surface area contributed by atoms with Crippen molar-refractivity contribution in [2.45, 2.75) is 13.3 Å². The molecule has 1 amide bonds. The third kappa shape index (κ3) is 4.04. The fourth-order valence-corrected chi connectivity index (χ4v) is 1.64. The fourth-order valence-electron chi connectivity index (χ4n) is 1.64. The number of amides is 1. The molecule has 102 valence electrons. The molecular weight excluding hydrogens is 250 g/mol. The fraction of sp³-hybridized carbons (Fsp3) is 0.357. The minimum atomic E-state index is -2.55. The summed E-state index contributed by atoms with van der Waals surface area (Å²) in [7, 11) is 1.35. The van der Waals surface area contributed by atoms with Crippen LogP contribution in [0.4, 0.5) is 8.78 Å². The van der Waals surface area contributed by atoms with Gasteiger partial charge < -0.3 is 10.6 Å². The highest BCUT2D eigenvalue weighted by Gasteiger charge is 2.18. The van der Waals surface area contributed by atoms with Crippen molar-refractivity contribution in [3.8, 4) is 11.8 Å². The average Bonchev–Trinajstić information content (AvgIpc) is 2.36. The first-order chi connectivity index (χ1) is 8.97. The highest BCUT2D eigenvalue weighted by Crippen LogP contribution is 2.15. The van der Waals surface area contributed by atoms with Gasteiger partial charge in [0.2, 0.25) is 0 Å². The van der Waals surface area contributed by atoms with Crippen LogP contribution < -0.4 is 5.73 Å². The molecule has 0 bridgehead atoms. The Morgan fingerprint density at radius 2 is 2.16 bits per heavy atom. The van der Waals surface area contributed by atoms with Crippen molar-refractivity contribution in [1.29, 1.82) is 0 Å². The lowest BCUT2D eigenvalue weighted by Gasteiger charge is -2.18. The summed E-state index contributed by atoms with van der Waals surface area (Å²) >= 11 is 0. The quantitative estimate of drug-likeness (QED) is 0.845. The molecule has 0 aliphatic carbocycles. The second-order valence-corrected chi connectivity index (χ2v) is 4.06. The van der Waals surface area contributed by atoms with Crippen LogP contribution in [0.2, 0.25) is 0 Å². The molecule has 1 rings (SSSR count). The Kier molecular flexibility index (Phi) is 5.46. The maximum Gasteiger partial charge on any atom is 0.255 e. The molecule has 0 aliphatic heterocycles. The Labute approximate surface area is 111 Å². The van der Waals surface area contributed by atoms with Crippen LogP contribution in [-0.2, 0) is 0 Å². The Balaban J connectivity index is 3.04. The van der Waals surface area contributed by atoms with E-state index in [0.717, 1.165) is 4.90 Å². The first-order valence-corrected chi connectivity index (χ1v) is 5.79. The summed E-state index contributed by atoms with van der Waals surface area (Å²) in [6.07, 6.45) is -2.55. The molecular formula is C14H16F2N2O. The van der Waals surface area contributed by atoms with E-state index in [1.807, 2.05) is 0 Å². The number of halogens is 2. The van der Waals surface area contributed by atoms with Gasteiger partial charge in [0.15, 0.2) is 0 Å². The van der Waals surface area contributed by atoms with Crippen LogP contribution in [0.5, 0.6) is 0 Å². The molecule has 0 unspecified atom stereocenters. The second-order valence-electron chi connectivity index (χ2n) is 4.06. The van der Waals surface area contributed by atoms with Crippen molar-refractivity contribution < 1.29 is 13.6 Å². The van der Waals surface area contributed by atoms with Crippen LogP contribution in [0.3, 0.4) is 0 Å². The lowest BCUT2D eigenvalue weighted by molar-refractivity contribution is 0.0619. The smallest absolute Gasteiger partial charge is 0.255 e. The number of carbonyl (C=O) groups excluding carboxylic acids is 1. The molecule has 0 spiro atoms. The maximum atomic E-state index is 12.3. The van der Waals surface area contributed by atoms with Crippen LogP contribution in [0, 0.1) is 18.8 Å². The minimum absolute atomic E-state index is 0.225. The van der Waals surface area contributed by atoms with E-state index in [-0.39, 0.29) is 6.54 Å². The predicted octanol–water partition coefficient (Wildman–Crippen LogP) is 1.64. The molecule has 0 aliphatic rings. The molecule has 3 nitrogen and oxygen atoms in total. The molecule has 0 fully saturated rings. The van der Waals surface area contributed by atoms with Gasteiger partial charge in [-0.1, -0.05) is 17.9 Å².